The van der Waals surface area contributed by atoms with E-state index in [0.717, 1.165) is 21.8 Å². The molecule has 6 heteroatoms. The lowest BCUT2D eigenvalue weighted by molar-refractivity contribution is 0.0696. The molecular weight excluding hydrogens is 270 g/mol. The molecule has 4 nitrogen and oxygen atoms in total. The Balaban J connectivity index is 2.13. The number of aryl methyl sites for hydroxylation is 1. The quantitative estimate of drug-likeness (QED) is 0.934. The van der Waals surface area contributed by atoms with Crippen molar-refractivity contribution in [3.05, 3.63) is 45.9 Å². The second-order valence-corrected chi connectivity index (χ2v) is 6.06. The van der Waals surface area contributed by atoms with Gasteiger partial charge in [-0.05, 0) is 24.6 Å². The summed E-state index contributed by atoms with van der Waals surface area (Å²) in [6, 6.07) is 7.45. The van der Waals surface area contributed by atoms with Gasteiger partial charge in [-0.25, -0.2) is 9.78 Å². The van der Waals surface area contributed by atoms with E-state index in [-0.39, 0.29) is 10.8 Å². The SMILES string of the molecule is Cc1cccc(S(=O)Cc2csc(C(=O)O)n2)c1. The van der Waals surface area contributed by atoms with E-state index in [2.05, 4.69) is 4.98 Å². The highest BCUT2D eigenvalue weighted by Crippen LogP contribution is 2.16. The van der Waals surface area contributed by atoms with Crippen molar-refractivity contribution in [2.45, 2.75) is 17.6 Å². The molecule has 1 heterocycles. The van der Waals surface area contributed by atoms with E-state index in [1.807, 2.05) is 25.1 Å². The van der Waals surface area contributed by atoms with Crippen LogP contribution in [0.15, 0.2) is 34.5 Å². The number of rotatable bonds is 4. The van der Waals surface area contributed by atoms with Gasteiger partial charge in [0, 0.05) is 10.3 Å². The second-order valence-electron chi connectivity index (χ2n) is 3.76. The number of carboxylic acid groups (broad SMARTS) is 1. The molecule has 2 aromatic rings. The summed E-state index contributed by atoms with van der Waals surface area (Å²) >= 11 is 1.05. The maximum Gasteiger partial charge on any atom is 0.365 e. The van der Waals surface area contributed by atoms with Crippen LogP contribution in [0.1, 0.15) is 21.1 Å². The maximum absolute atomic E-state index is 12.1. The topological polar surface area (TPSA) is 67.3 Å². The average molecular weight is 281 g/mol. The van der Waals surface area contributed by atoms with Crippen LogP contribution in [0.25, 0.3) is 0 Å². The number of benzene rings is 1. The number of thiazole rings is 1. The van der Waals surface area contributed by atoms with Crippen molar-refractivity contribution in [3.63, 3.8) is 0 Å². The molecule has 0 bridgehead atoms. The average Bonchev–Trinajstić information content (AvgIpc) is 2.77. The Morgan fingerprint density at radius 2 is 2.28 bits per heavy atom. The normalized spacial score (nSPS) is 12.3. The molecule has 1 N–H and O–H groups in total. The minimum absolute atomic E-state index is 0.0336. The minimum Gasteiger partial charge on any atom is -0.476 e. The Kier molecular flexibility index (Phi) is 3.88. The van der Waals surface area contributed by atoms with E-state index in [1.54, 1.807) is 11.4 Å². The van der Waals surface area contributed by atoms with Gasteiger partial charge in [-0.2, -0.15) is 0 Å². The molecule has 0 aliphatic heterocycles. The van der Waals surface area contributed by atoms with Crippen LogP contribution in [0, 0.1) is 6.92 Å². The summed E-state index contributed by atoms with van der Waals surface area (Å²) in [5.74, 6) is -0.805. The zero-order valence-electron chi connectivity index (χ0n) is 9.62. The molecule has 2 rings (SSSR count). The number of aromatic carboxylic acids is 1. The largest absolute Gasteiger partial charge is 0.476 e. The van der Waals surface area contributed by atoms with Gasteiger partial charge in [-0.1, -0.05) is 12.1 Å². The first-order valence-electron chi connectivity index (χ1n) is 5.19. The van der Waals surface area contributed by atoms with Crippen LogP contribution in [0.2, 0.25) is 0 Å². The number of hydrogen-bond donors (Lipinski definition) is 1. The maximum atomic E-state index is 12.1. The van der Waals surface area contributed by atoms with Gasteiger partial charge in [-0.3, -0.25) is 4.21 Å². The zero-order valence-corrected chi connectivity index (χ0v) is 11.3. The van der Waals surface area contributed by atoms with Gasteiger partial charge in [0.1, 0.15) is 0 Å². The summed E-state index contributed by atoms with van der Waals surface area (Å²) in [5.41, 5.74) is 1.60. The van der Waals surface area contributed by atoms with Crippen molar-refractivity contribution in [1.29, 1.82) is 0 Å². The highest BCUT2D eigenvalue weighted by Gasteiger charge is 2.12. The summed E-state index contributed by atoms with van der Waals surface area (Å²) in [4.78, 5) is 15.3. The molecule has 1 unspecified atom stereocenters. The van der Waals surface area contributed by atoms with E-state index < -0.39 is 16.8 Å². The van der Waals surface area contributed by atoms with Gasteiger partial charge in [0.25, 0.3) is 0 Å². The summed E-state index contributed by atoms with van der Waals surface area (Å²) in [6.45, 7) is 1.94. The molecular formula is C12H11NO3S2. The second kappa shape index (κ2) is 5.41. The van der Waals surface area contributed by atoms with E-state index >= 15 is 0 Å². The molecule has 0 amide bonds. The first-order chi connectivity index (χ1) is 8.56. The van der Waals surface area contributed by atoms with Crippen molar-refractivity contribution in [3.8, 4) is 0 Å². The lowest BCUT2D eigenvalue weighted by atomic mass is 10.2. The lowest BCUT2D eigenvalue weighted by Crippen LogP contribution is -1.99. The molecule has 18 heavy (non-hydrogen) atoms. The molecule has 0 spiro atoms. The Bertz CT molecular complexity index is 607. The lowest BCUT2D eigenvalue weighted by Gasteiger charge is -2.01. The van der Waals surface area contributed by atoms with Crippen LogP contribution >= 0.6 is 11.3 Å². The molecule has 94 valence electrons. The third-order valence-corrected chi connectivity index (χ3v) is 4.48. The molecule has 0 aliphatic carbocycles. The van der Waals surface area contributed by atoms with Crippen LogP contribution < -0.4 is 0 Å². The fraction of sp³-hybridized carbons (Fsp3) is 0.167. The van der Waals surface area contributed by atoms with Crippen molar-refractivity contribution in [2.75, 3.05) is 0 Å². The molecule has 1 atom stereocenters. The monoisotopic (exact) mass is 281 g/mol. The Hall–Kier alpha value is -1.53. The number of carbonyl (C=O) groups is 1. The number of carboxylic acids is 1. The van der Waals surface area contributed by atoms with E-state index in [0.29, 0.717) is 5.69 Å². The van der Waals surface area contributed by atoms with E-state index in [1.165, 1.54) is 0 Å². The van der Waals surface area contributed by atoms with Crippen molar-refractivity contribution < 1.29 is 14.1 Å². The van der Waals surface area contributed by atoms with Crippen LogP contribution in [0.5, 0.6) is 0 Å². The van der Waals surface area contributed by atoms with E-state index in [9.17, 15) is 9.00 Å². The van der Waals surface area contributed by atoms with Crippen LogP contribution in [0.3, 0.4) is 0 Å². The number of nitrogens with zero attached hydrogens (tertiary/aromatic N) is 1. The summed E-state index contributed by atoms with van der Waals surface area (Å²) in [7, 11) is -1.19. The number of aromatic nitrogens is 1. The van der Waals surface area contributed by atoms with Gasteiger partial charge in [-0.15, -0.1) is 11.3 Å². The number of hydrogen-bond acceptors (Lipinski definition) is 4. The molecule has 1 aromatic carbocycles. The third kappa shape index (κ3) is 3.02. The van der Waals surface area contributed by atoms with E-state index in [4.69, 9.17) is 5.11 Å². The smallest absolute Gasteiger partial charge is 0.365 e. The summed E-state index contributed by atoms with van der Waals surface area (Å²) in [6.07, 6.45) is 0. The Morgan fingerprint density at radius 3 is 2.89 bits per heavy atom. The highest BCUT2D eigenvalue weighted by atomic mass is 32.2. The van der Waals surface area contributed by atoms with Gasteiger partial charge in [0.2, 0.25) is 5.01 Å². The summed E-state index contributed by atoms with van der Waals surface area (Å²) < 4.78 is 12.1. The first kappa shape index (κ1) is 12.9. The molecule has 1 aromatic heterocycles. The molecule has 0 aliphatic rings. The fourth-order valence-corrected chi connectivity index (χ4v) is 3.34. The van der Waals surface area contributed by atoms with Crippen LogP contribution in [-0.2, 0) is 16.6 Å². The van der Waals surface area contributed by atoms with Crippen LogP contribution in [-0.4, -0.2) is 20.3 Å². The highest BCUT2D eigenvalue weighted by molar-refractivity contribution is 7.84. The predicted molar refractivity (Wildman–Crippen MR) is 70.4 cm³/mol. The van der Waals surface area contributed by atoms with Crippen LogP contribution in [0.4, 0.5) is 0 Å². The molecule has 0 saturated carbocycles. The molecule has 0 radical (unpaired) electrons. The Labute approximate surface area is 111 Å². The first-order valence-corrected chi connectivity index (χ1v) is 7.39. The molecule has 0 fully saturated rings. The van der Waals surface area contributed by atoms with Crippen molar-refractivity contribution >= 4 is 28.1 Å². The minimum atomic E-state index is -1.19. The van der Waals surface area contributed by atoms with Gasteiger partial charge < -0.3 is 5.11 Å². The Morgan fingerprint density at radius 1 is 1.50 bits per heavy atom. The van der Waals surface area contributed by atoms with Gasteiger partial charge in [0.15, 0.2) is 0 Å². The van der Waals surface area contributed by atoms with Crippen molar-refractivity contribution in [1.82, 2.24) is 4.98 Å². The summed E-state index contributed by atoms with van der Waals surface area (Å²) in [5, 5.41) is 10.4. The van der Waals surface area contributed by atoms with Crippen molar-refractivity contribution in [2.24, 2.45) is 0 Å². The van der Waals surface area contributed by atoms with Gasteiger partial charge in [0.05, 0.1) is 22.2 Å². The fourth-order valence-electron chi connectivity index (χ4n) is 1.45. The molecule has 0 saturated heterocycles. The van der Waals surface area contributed by atoms with Gasteiger partial charge >= 0.3 is 5.97 Å². The zero-order chi connectivity index (χ0) is 13.1. The third-order valence-electron chi connectivity index (χ3n) is 2.27. The predicted octanol–water partition coefficient (Wildman–Crippen LogP) is 2.46. The standard InChI is InChI=1S/C12H11NO3S2/c1-8-3-2-4-10(5-8)18(16)7-9-6-17-11(13-9)12(14)15/h2-6H,7H2,1H3,(H,14,15).